The number of nitro groups is 1. The molecule has 9 heteroatoms. The molecule has 1 saturated heterocycles. The smallest absolute Gasteiger partial charge is 0.387 e. The zero-order chi connectivity index (χ0) is 19.6. The number of hydrogen-bond acceptors (Lipinski definition) is 5. The number of nitro benzene ring substituents is 1. The van der Waals surface area contributed by atoms with Crippen molar-refractivity contribution in [1.29, 1.82) is 0 Å². The van der Waals surface area contributed by atoms with Crippen LogP contribution in [0.1, 0.15) is 18.6 Å². The summed E-state index contributed by atoms with van der Waals surface area (Å²) in [4.78, 5) is 12.1. The Morgan fingerprint density at radius 1 is 1.22 bits per heavy atom. The molecule has 0 radical (unpaired) electrons. The molecule has 1 aliphatic heterocycles. The normalized spacial score (nSPS) is 20.0. The van der Waals surface area contributed by atoms with Gasteiger partial charge in [-0.3, -0.25) is 10.1 Å². The highest BCUT2D eigenvalue weighted by molar-refractivity contribution is 5.59. The molecule has 6 nitrogen and oxygen atoms in total. The van der Waals surface area contributed by atoms with Crippen molar-refractivity contribution in [3.05, 3.63) is 64.0 Å². The maximum Gasteiger partial charge on any atom is 0.387 e. The van der Waals surface area contributed by atoms with Crippen molar-refractivity contribution < 1.29 is 27.6 Å². The fourth-order valence-electron chi connectivity index (χ4n) is 3.06. The fourth-order valence-corrected chi connectivity index (χ4v) is 3.06. The lowest BCUT2D eigenvalue weighted by Crippen LogP contribution is -2.42. The number of halogens is 3. The largest absolute Gasteiger partial charge is 0.427 e. The van der Waals surface area contributed by atoms with Crippen LogP contribution in [0, 0.1) is 15.9 Å². The minimum atomic E-state index is -3.17. The molecular formula is C18H17F3N2O4. The van der Waals surface area contributed by atoms with Gasteiger partial charge in [-0.2, -0.15) is 8.78 Å². The molecule has 2 aromatic carbocycles. The molecule has 0 bridgehead atoms. The number of nitrogens with zero attached hydrogens (tertiary/aromatic N) is 2. The predicted octanol–water partition coefficient (Wildman–Crippen LogP) is 4.30. The van der Waals surface area contributed by atoms with E-state index in [1.165, 1.54) is 24.3 Å². The van der Waals surface area contributed by atoms with Crippen molar-refractivity contribution in [2.75, 3.05) is 18.0 Å². The van der Waals surface area contributed by atoms with E-state index in [4.69, 9.17) is 4.74 Å². The summed E-state index contributed by atoms with van der Waals surface area (Å²) < 4.78 is 48.6. The second kappa shape index (κ2) is 7.83. The van der Waals surface area contributed by atoms with E-state index in [9.17, 15) is 23.3 Å². The number of hydrogen-bond donors (Lipinski definition) is 0. The van der Waals surface area contributed by atoms with Crippen LogP contribution in [0.5, 0.6) is 5.75 Å². The molecule has 0 amide bonds. The van der Waals surface area contributed by atoms with Crippen molar-refractivity contribution in [3.63, 3.8) is 0 Å². The van der Waals surface area contributed by atoms with Gasteiger partial charge in [0.2, 0.25) is 5.75 Å². The lowest BCUT2D eigenvalue weighted by atomic mass is 10.1. The summed E-state index contributed by atoms with van der Waals surface area (Å²) in [7, 11) is 0. The average Bonchev–Trinajstić information content (AvgIpc) is 2.61. The van der Waals surface area contributed by atoms with Gasteiger partial charge in [0.05, 0.1) is 11.0 Å². The third-order valence-corrected chi connectivity index (χ3v) is 4.22. The molecule has 2 unspecified atom stereocenters. The first kappa shape index (κ1) is 19.0. The quantitative estimate of drug-likeness (QED) is 0.570. The number of benzene rings is 2. The standard InChI is InChI=1S/C18H17F3N2O4/c1-11-9-22(10-17(26-11)12-2-4-13(19)5-3-12)14-6-7-15(23(24)25)16(8-14)27-18(20)21/h2-8,11,17-18H,9-10H2,1H3. The Morgan fingerprint density at radius 3 is 2.56 bits per heavy atom. The Morgan fingerprint density at radius 2 is 1.93 bits per heavy atom. The second-order valence-corrected chi connectivity index (χ2v) is 6.18. The zero-order valence-corrected chi connectivity index (χ0v) is 14.3. The van der Waals surface area contributed by atoms with Crippen molar-refractivity contribution in [2.24, 2.45) is 0 Å². The third-order valence-electron chi connectivity index (χ3n) is 4.22. The van der Waals surface area contributed by atoms with Crippen LogP contribution >= 0.6 is 0 Å². The van der Waals surface area contributed by atoms with Gasteiger partial charge in [0.25, 0.3) is 0 Å². The predicted molar refractivity (Wildman–Crippen MR) is 91.6 cm³/mol. The van der Waals surface area contributed by atoms with Gasteiger partial charge < -0.3 is 14.4 Å². The van der Waals surface area contributed by atoms with Crippen LogP contribution in [-0.2, 0) is 4.74 Å². The molecule has 2 atom stereocenters. The molecule has 27 heavy (non-hydrogen) atoms. The third kappa shape index (κ3) is 4.48. The van der Waals surface area contributed by atoms with E-state index in [-0.39, 0.29) is 18.0 Å². The molecule has 1 heterocycles. The second-order valence-electron chi connectivity index (χ2n) is 6.18. The molecular weight excluding hydrogens is 365 g/mol. The maximum absolute atomic E-state index is 13.1. The average molecular weight is 382 g/mol. The Hall–Kier alpha value is -2.81. The summed E-state index contributed by atoms with van der Waals surface area (Å²) in [5.74, 6) is -0.853. The van der Waals surface area contributed by atoms with Crippen LogP contribution in [0.4, 0.5) is 24.5 Å². The van der Waals surface area contributed by atoms with Gasteiger partial charge in [0.1, 0.15) is 11.9 Å². The molecule has 1 aliphatic rings. The molecule has 0 saturated carbocycles. The Balaban J connectivity index is 1.87. The highest BCUT2D eigenvalue weighted by Gasteiger charge is 2.28. The summed E-state index contributed by atoms with van der Waals surface area (Å²) in [6.45, 7) is -0.481. The van der Waals surface area contributed by atoms with Crippen LogP contribution in [0.2, 0.25) is 0 Å². The van der Waals surface area contributed by atoms with E-state index in [1.54, 1.807) is 12.1 Å². The Kier molecular flexibility index (Phi) is 5.50. The number of alkyl halides is 2. The number of ether oxygens (including phenoxy) is 2. The van der Waals surface area contributed by atoms with E-state index in [0.717, 1.165) is 11.6 Å². The minimum absolute atomic E-state index is 0.191. The van der Waals surface area contributed by atoms with E-state index < -0.39 is 23.0 Å². The van der Waals surface area contributed by atoms with E-state index in [2.05, 4.69) is 4.74 Å². The fraction of sp³-hybridized carbons (Fsp3) is 0.333. The highest BCUT2D eigenvalue weighted by atomic mass is 19.3. The first-order valence-corrected chi connectivity index (χ1v) is 8.22. The van der Waals surface area contributed by atoms with Crippen molar-refractivity contribution in [2.45, 2.75) is 25.7 Å². The topological polar surface area (TPSA) is 64.8 Å². The van der Waals surface area contributed by atoms with Gasteiger partial charge in [-0.1, -0.05) is 12.1 Å². The van der Waals surface area contributed by atoms with Crippen LogP contribution in [-0.4, -0.2) is 30.7 Å². The van der Waals surface area contributed by atoms with E-state index >= 15 is 0 Å². The summed E-state index contributed by atoms with van der Waals surface area (Å²) in [5.41, 5.74) is 0.743. The molecule has 1 fully saturated rings. The maximum atomic E-state index is 13.1. The van der Waals surface area contributed by atoms with Crippen molar-refractivity contribution in [3.8, 4) is 5.75 Å². The van der Waals surface area contributed by atoms with Gasteiger partial charge in [-0.05, 0) is 30.7 Å². The summed E-state index contributed by atoms with van der Waals surface area (Å²) >= 11 is 0. The van der Waals surface area contributed by atoms with Gasteiger partial charge >= 0.3 is 12.3 Å². The minimum Gasteiger partial charge on any atom is -0.427 e. The van der Waals surface area contributed by atoms with Crippen LogP contribution < -0.4 is 9.64 Å². The first-order chi connectivity index (χ1) is 12.8. The molecule has 0 N–H and O–H groups in total. The summed E-state index contributed by atoms with van der Waals surface area (Å²) in [6.07, 6.45) is -0.549. The molecule has 144 valence electrons. The SMILES string of the molecule is CC1CN(c2ccc([N+](=O)[O-])c(OC(F)F)c2)CC(c2ccc(F)cc2)O1. The molecule has 3 rings (SSSR count). The monoisotopic (exact) mass is 382 g/mol. The van der Waals surface area contributed by atoms with Gasteiger partial charge in [0.15, 0.2) is 0 Å². The van der Waals surface area contributed by atoms with Gasteiger partial charge in [0, 0.05) is 30.9 Å². The van der Waals surface area contributed by atoms with Crippen molar-refractivity contribution >= 4 is 11.4 Å². The Bertz CT molecular complexity index is 817. The van der Waals surface area contributed by atoms with E-state index in [0.29, 0.717) is 18.8 Å². The van der Waals surface area contributed by atoms with Crippen molar-refractivity contribution in [1.82, 2.24) is 0 Å². The summed E-state index contributed by atoms with van der Waals surface area (Å²) in [6, 6.07) is 9.76. The number of anilines is 1. The molecule has 0 spiro atoms. The lowest BCUT2D eigenvalue weighted by molar-refractivity contribution is -0.386. The van der Waals surface area contributed by atoms with Crippen LogP contribution in [0.15, 0.2) is 42.5 Å². The molecule has 0 aromatic heterocycles. The highest BCUT2D eigenvalue weighted by Crippen LogP contribution is 2.35. The number of rotatable bonds is 5. The van der Waals surface area contributed by atoms with Gasteiger partial charge in [-0.15, -0.1) is 0 Å². The zero-order valence-electron chi connectivity index (χ0n) is 14.3. The lowest BCUT2D eigenvalue weighted by Gasteiger charge is -2.38. The first-order valence-electron chi connectivity index (χ1n) is 8.22. The number of morpholine rings is 1. The molecule has 0 aliphatic carbocycles. The summed E-state index contributed by atoms with van der Waals surface area (Å²) in [5, 5.41) is 11.0. The van der Waals surface area contributed by atoms with E-state index in [1.807, 2.05) is 11.8 Å². The van der Waals surface area contributed by atoms with Gasteiger partial charge in [-0.25, -0.2) is 4.39 Å². The van der Waals surface area contributed by atoms with Crippen LogP contribution in [0.3, 0.4) is 0 Å². The Labute approximate surface area is 153 Å². The van der Waals surface area contributed by atoms with Crippen LogP contribution in [0.25, 0.3) is 0 Å². The molecule has 2 aromatic rings.